The van der Waals surface area contributed by atoms with Gasteiger partial charge in [0.15, 0.2) is 0 Å². The first-order valence-electron chi connectivity index (χ1n) is 5.19. The number of hydrogen-bond donors (Lipinski definition) is 1. The van der Waals surface area contributed by atoms with Crippen molar-refractivity contribution in [3.8, 4) is 10.6 Å². The van der Waals surface area contributed by atoms with Crippen LogP contribution in [0.4, 0.5) is 0 Å². The molecule has 0 radical (unpaired) electrons. The summed E-state index contributed by atoms with van der Waals surface area (Å²) < 4.78 is 1.34. The smallest absolute Gasteiger partial charge is 0.150 e. The maximum Gasteiger partial charge on any atom is 0.150 e. The molecule has 92 valence electrons. The van der Waals surface area contributed by atoms with Crippen molar-refractivity contribution < 1.29 is 0 Å². The lowest BCUT2D eigenvalue weighted by atomic mass is 10.4. The van der Waals surface area contributed by atoms with Crippen molar-refractivity contribution in [1.82, 2.24) is 15.5 Å². The number of rotatable bonds is 5. The third kappa shape index (κ3) is 3.39. The van der Waals surface area contributed by atoms with Gasteiger partial charge in [0.05, 0.1) is 4.34 Å². The highest BCUT2D eigenvalue weighted by molar-refractivity contribution is 7.21. The molecular formula is C10H11Cl2N3S2. The lowest BCUT2D eigenvalue weighted by Crippen LogP contribution is -2.13. The molecule has 2 heterocycles. The molecule has 0 saturated heterocycles. The molecule has 3 nitrogen and oxygen atoms in total. The van der Waals surface area contributed by atoms with Gasteiger partial charge in [0, 0.05) is 12.1 Å². The minimum atomic E-state index is 0.666. The van der Waals surface area contributed by atoms with Crippen LogP contribution in [-0.2, 0) is 6.54 Å². The van der Waals surface area contributed by atoms with E-state index in [2.05, 4.69) is 22.4 Å². The summed E-state index contributed by atoms with van der Waals surface area (Å²) >= 11 is 14.9. The summed E-state index contributed by atoms with van der Waals surface area (Å²) in [6.07, 6.45) is 1.11. The molecule has 0 aliphatic carbocycles. The standard InChI is InChI=1S/C10H11Cl2N3S2/c1-2-3-13-5-8-14-15-10(17-8)6-4-7(11)16-9(6)12/h4,13H,2-3,5H2,1H3. The Labute approximate surface area is 118 Å². The van der Waals surface area contributed by atoms with Gasteiger partial charge >= 0.3 is 0 Å². The summed E-state index contributed by atoms with van der Waals surface area (Å²) in [6, 6.07) is 1.83. The van der Waals surface area contributed by atoms with Crippen LogP contribution >= 0.6 is 45.9 Å². The van der Waals surface area contributed by atoms with Gasteiger partial charge in [-0.3, -0.25) is 0 Å². The third-order valence-electron chi connectivity index (χ3n) is 2.06. The number of aromatic nitrogens is 2. The van der Waals surface area contributed by atoms with E-state index in [9.17, 15) is 0 Å². The van der Waals surface area contributed by atoms with Crippen molar-refractivity contribution in [2.75, 3.05) is 6.54 Å². The monoisotopic (exact) mass is 307 g/mol. The SMILES string of the molecule is CCCNCc1nnc(-c2cc(Cl)sc2Cl)s1. The van der Waals surface area contributed by atoms with Gasteiger partial charge in [0.2, 0.25) is 0 Å². The zero-order valence-corrected chi connectivity index (χ0v) is 12.3. The van der Waals surface area contributed by atoms with Gasteiger partial charge < -0.3 is 5.32 Å². The second kappa shape index (κ2) is 6.11. The normalized spacial score (nSPS) is 11.0. The molecule has 0 aromatic carbocycles. The number of nitrogens with one attached hydrogen (secondary N) is 1. The maximum absolute atomic E-state index is 6.07. The molecule has 0 atom stereocenters. The second-order valence-electron chi connectivity index (χ2n) is 3.42. The molecule has 17 heavy (non-hydrogen) atoms. The Balaban J connectivity index is 2.10. The Bertz CT molecular complexity index is 495. The van der Waals surface area contributed by atoms with E-state index >= 15 is 0 Å². The van der Waals surface area contributed by atoms with E-state index in [4.69, 9.17) is 23.2 Å². The highest BCUT2D eigenvalue weighted by Gasteiger charge is 2.13. The van der Waals surface area contributed by atoms with Gasteiger partial charge in [-0.25, -0.2) is 0 Å². The summed E-state index contributed by atoms with van der Waals surface area (Å²) in [4.78, 5) is 0. The van der Waals surface area contributed by atoms with Crippen molar-refractivity contribution >= 4 is 45.9 Å². The van der Waals surface area contributed by atoms with Crippen LogP contribution in [0.15, 0.2) is 6.07 Å². The van der Waals surface area contributed by atoms with Crippen LogP contribution in [0.25, 0.3) is 10.6 Å². The van der Waals surface area contributed by atoms with Crippen molar-refractivity contribution in [1.29, 1.82) is 0 Å². The summed E-state index contributed by atoms with van der Waals surface area (Å²) in [5.41, 5.74) is 0.876. The fraction of sp³-hybridized carbons (Fsp3) is 0.400. The van der Waals surface area contributed by atoms with Gasteiger partial charge in [0.1, 0.15) is 14.4 Å². The van der Waals surface area contributed by atoms with E-state index in [1.54, 1.807) is 11.3 Å². The van der Waals surface area contributed by atoms with Gasteiger partial charge in [-0.1, -0.05) is 41.5 Å². The van der Waals surface area contributed by atoms with Crippen LogP contribution < -0.4 is 5.32 Å². The van der Waals surface area contributed by atoms with Crippen molar-refractivity contribution in [3.63, 3.8) is 0 Å². The quantitative estimate of drug-likeness (QED) is 0.846. The molecule has 2 aromatic heterocycles. The van der Waals surface area contributed by atoms with Gasteiger partial charge in [0.25, 0.3) is 0 Å². The molecule has 1 N–H and O–H groups in total. The van der Waals surface area contributed by atoms with Crippen LogP contribution in [0.3, 0.4) is 0 Å². The van der Waals surface area contributed by atoms with E-state index in [1.807, 2.05) is 6.07 Å². The molecule has 0 fully saturated rings. The number of thiophene rings is 1. The van der Waals surface area contributed by atoms with Crippen molar-refractivity contribution in [2.24, 2.45) is 0 Å². The average molecular weight is 308 g/mol. The first kappa shape index (κ1) is 13.2. The van der Waals surface area contributed by atoms with E-state index < -0.39 is 0 Å². The van der Waals surface area contributed by atoms with E-state index in [0.29, 0.717) is 8.67 Å². The van der Waals surface area contributed by atoms with Crippen LogP contribution in [-0.4, -0.2) is 16.7 Å². The molecule has 7 heteroatoms. The Morgan fingerprint density at radius 3 is 2.76 bits per heavy atom. The molecular weight excluding hydrogens is 297 g/mol. The fourth-order valence-electron chi connectivity index (χ4n) is 1.29. The highest BCUT2D eigenvalue weighted by Crippen LogP contribution is 2.39. The Hall–Kier alpha value is -0.200. The molecule has 0 amide bonds. The van der Waals surface area contributed by atoms with Gasteiger partial charge in [-0.2, -0.15) is 0 Å². The Kier molecular flexibility index (Phi) is 4.76. The largest absolute Gasteiger partial charge is 0.310 e. The molecule has 0 bridgehead atoms. The Morgan fingerprint density at radius 2 is 2.12 bits per heavy atom. The molecule has 0 unspecified atom stereocenters. The predicted molar refractivity (Wildman–Crippen MR) is 75.2 cm³/mol. The number of nitrogens with zero attached hydrogens (tertiary/aromatic N) is 2. The van der Waals surface area contributed by atoms with Crippen LogP contribution in [0, 0.1) is 0 Å². The van der Waals surface area contributed by atoms with Gasteiger partial charge in [-0.05, 0) is 19.0 Å². The second-order valence-corrected chi connectivity index (χ2v) is 6.76. The molecule has 2 aromatic rings. The molecule has 2 rings (SSSR count). The zero-order valence-electron chi connectivity index (χ0n) is 9.17. The summed E-state index contributed by atoms with van der Waals surface area (Å²) in [5.74, 6) is 0. The lowest BCUT2D eigenvalue weighted by molar-refractivity contribution is 0.668. The van der Waals surface area contributed by atoms with Crippen molar-refractivity contribution in [3.05, 3.63) is 19.7 Å². The third-order valence-corrected chi connectivity index (χ3v) is 4.50. The van der Waals surface area contributed by atoms with Crippen LogP contribution in [0.5, 0.6) is 0 Å². The molecule has 0 aliphatic heterocycles. The van der Waals surface area contributed by atoms with Crippen LogP contribution in [0.2, 0.25) is 8.67 Å². The topological polar surface area (TPSA) is 37.8 Å². The van der Waals surface area contributed by atoms with Crippen LogP contribution in [0.1, 0.15) is 18.4 Å². The minimum absolute atomic E-state index is 0.666. The minimum Gasteiger partial charge on any atom is -0.310 e. The average Bonchev–Trinajstić information content (AvgIpc) is 2.86. The fourth-order valence-corrected chi connectivity index (χ4v) is 3.71. The Morgan fingerprint density at radius 1 is 1.29 bits per heavy atom. The number of hydrogen-bond acceptors (Lipinski definition) is 5. The van der Waals surface area contributed by atoms with E-state index in [-0.39, 0.29) is 0 Å². The molecule has 0 aliphatic rings. The molecule has 0 spiro atoms. The maximum atomic E-state index is 6.07. The van der Waals surface area contributed by atoms with E-state index in [1.165, 1.54) is 11.3 Å². The first-order chi connectivity index (χ1) is 8.20. The van der Waals surface area contributed by atoms with E-state index in [0.717, 1.165) is 35.1 Å². The summed E-state index contributed by atoms with van der Waals surface area (Å²) in [7, 11) is 0. The highest BCUT2D eigenvalue weighted by atomic mass is 35.5. The molecule has 0 saturated carbocycles. The lowest BCUT2D eigenvalue weighted by Gasteiger charge is -1.96. The summed E-state index contributed by atoms with van der Waals surface area (Å²) in [6.45, 7) is 3.87. The summed E-state index contributed by atoms with van der Waals surface area (Å²) in [5, 5.41) is 13.3. The first-order valence-corrected chi connectivity index (χ1v) is 7.58. The zero-order chi connectivity index (χ0) is 12.3. The van der Waals surface area contributed by atoms with Gasteiger partial charge in [-0.15, -0.1) is 21.5 Å². The van der Waals surface area contributed by atoms with Crippen molar-refractivity contribution in [2.45, 2.75) is 19.9 Å². The predicted octanol–water partition coefficient (Wildman–Crippen LogP) is 4.07. The number of halogens is 2.